The van der Waals surface area contributed by atoms with Crippen molar-refractivity contribution >= 4 is 34.0 Å². The fourth-order valence-electron chi connectivity index (χ4n) is 3.49. The lowest BCUT2D eigenvalue weighted by Crippen LogP contribution is -2.22. The number of rotatable bonds is 3. The standard InChI is InChI=1S/C25H17N3O/c29-25-21-14-15-22-20(12-7-17-26-22)24(21)27-23(16-13-18-8-3-1-4-9-18)28(25)19-10-5-2-6-11-19/h1-17H. The van der Waals surface area contributed by atoms with Crippen LogP contribution in [0.3, 0.4) is 0 Å². The van der Waals surface area contributed by atoms with E-state index < -0.39 is 0 Å². The smallest absolute Gasteiger partial charge is 0.266 e. The van der Waals surface area contributed by atoms with Crippen molar-refractivity contribution in [3.8, 4) is 5.69 Å². The molecule has 2 aromatic heterocycles. The molecule has 5 aromatic rings. The zero-order chi connectivity index (χ0) is 19.6. The molecule has 0 amide bonds. The summed E-state index contributed by atoms with van der Waals surface area (Å²) in [4.78, 5) is 22.8. The third-order valence-corrected chi connectivity index (χ3v) is 4.88. The van der Waals surface area contributed by atoms with E-state index in [1.807, 2.05) is 97.1 Å². The lowest BCUT2D eigenvalue weighted by atomic mass is 10.1. The first-order valence-corrected chi connectivity index (χ1v) is 9.40. The number of pyridine rings is 1. The van der Waals surface area contributed by atoms with E-state index in [1.165, 1.54) is 0 Å². The molecule has 4 heteroatoms. The molecule has 3 aromatic carbocycles. The summed E-state index contributed by atoms with van der Waals surface area (Å²) in [6, 6.07) is 27.1. The third kappa shape index (κ3) is 3.11. The van der Waals surface area contributed by atoms with Crippen molar-refractivity contribution in [1.82, 2.24) is 14.5 Å². The van der Waals surface area contributed by atoms with Crippen LogP contribution < -0.4 is 5.56 Å². The molecule has 0 saturated carbocycles. The number of hydrogen-bond acceptors (Lipinski definition) is 3. The topological polar surface area (TPSA) is 47.8 Å². The molecule has 4 nitrogen and oxygen atoms in total. The average Bonchev–Trinajstić information content (AvgIpc) is 2.79. The molecule has 0 radical (unpaired) electrons. The van der Waals surface area contributed by atoms with Gasteiger partial charge in [0, 0.05) is 11.6 Å². The van der Waals surface area contributed by atoms with Gasteiger partial charge in [0.1, 0.15) is 5.82 Å². The predicted octanol–water partition coefficient (Wildman–Crippen LogP) is 5.10. The van der Waals surface area contributed by atoms with Crippen LogP contribution in [0.15, 0.2) is 95.9 Å². The number of benzene rings is 3. The molecule has 2 heterocycles. The highest BCUT2D eigenvalue weighted by molar-refractivity contribution is 6.03. The van der Waals surface area contributed by atoms with Gasteiger partial charge in [-0.05, 0) is 48.0 Å². The Hall–Kier alpha value is -4.05. The summed E-state index contributed by atoms with van der Waals surface area (Å²) in [5.41, 5.74) is 3.22. The molecule has 0 spiro atoms. The lowest BCUT2D eigenvalue weighted by molar-refractivity contribution is 0.945. The average molecular weight is 375 g/mol. The molecule has 29 heavy (non-hydrogen) atoms. The van der Waals surface area contributed by atoms with E-state index in [-0.39, 0.29) is 5.56 Å². The summed E-state index contributed by atoms with van der Waals surface area (Å²) in [5.74, 6) is 0.578. The second-order valence-corrected chi connectivity index (χ2v) is 6.72. The van der Waals surface area contributed by atoms with E-state index >= 15 is 0 Å². The van der Waals surface area contributed by atoms with E-state index in [2.05, 4.69) is 4.98 Å². The van der Waals surface area contributed by atoms with Gasteiger partial charge in [-0.1, -0.05) is 54.6 Å². The first-order chi connectivity index (χ1) is 14.3. The first kappa shape index (κ1) is 17.1. The van der Waals surface area contributed by atoms with E-state index in [9.17, 15) is 4.79 Å². The van der Waals surface area contributed by atoms with Gasteiger partial charge in [0.2, 0.25) is 0 Å². The van der Waals surface area contributed by atoms with Crippen molar-refractivity contribution in [2.45, 2.75) is 0 Å². The van der Waals surface area contributed by atoms with Crippen LogP contribution >= 0.6 is 0 Å². The zero-order valence-electron chi connectivity index (χ0n) is 15.6. The van der Waals surface area contributed by atoms with E-state index in [0.29, 0.717) is 16.7 Å². The van der Waals surface area contributed by atoms with Gasteiger partial charge in [-0.25, -0.2) is 4.98 Å². The van der Waals surface area contributed by atoms with Crippen LogP contribution in [0.25, 0.3) is 39.6 Å². The maximum atomic E-state index is 13.5. The van der Waals surface area contributed by atoms with Crippen LogP contribution in [0.2, 0.25) is 0 Å². The lowest BCUT2D eigenvalue weighted by Gasteiger charge is -2.12. The molecule has 0 fully saturated rings. The van der Waals surface area contributed by atoms with Crippen molar-refractivity contribution in [3.05, 3.63) is 113 Å². The molecular formula is C25H17N3O. The zero-order valence-corrected chi connectivity index (χ0v) is 15.6. The molecule has 0 aliphatic rings. The van der Waals surface area contributed by atoms with Crippen LogP contribution in [-0.4, -0.2) is 14.5 Å². The Morgan fingerprint density at radius 3 is 2.28 bits per heavy atom. The number of para-hydroxylation sites is 1. The molecule has 0 bridgehead atoms. The predicted molar refractivity (Wildman–Crippen MR) is 118 cm³/mol. The molecule has 5 rings (SSSR count). The molecule has 0 atom stereocenters. The quantitative estimate of drug-likeness (QED) is 0.412. The van der Waals surface area contributed by atoms with E-state index in [0.717, 1.165) is 22.2 Å². The Morgan fingerprint density at radius 2 is 1.48 bits per heavy atom. The third-order valence-electron chi connectivity index (χ3n) is 4.88. The van der Waals surface area contributed by atoms with E-state index in [1.54, 1.807) is 10.8 Å². The van der Waals surface area contributed by atoms with Crippen molar-refractivity contribution in [1.29, 1.82) is 0 Å². The maximum Gasteiger partial charge on any atom is 0.266 e. The summed E-state index contributed by atoms with van der Waals surface area (Å²) >= 11 is 0. The minimum Gasteiger partial charge on any atom is -0.268 e. The van der Waals surface area contributed by atoms with Gasteiger partial charge in [-0.2, -0.15) is 0 Å². The fourth-order valence-corrected chi connectivity index (χ4v) is 3.49. The van der Waals surface area contributed by atoms with Crippen LogP contribution in [-0.2, 0) is 0 Å². The Morgan fingerprint density at radius 1 is 0.724 bits per heavy atom. The molecule has 0 aliphatic heterocycles. The first-order valence-electron chi connectivity index (χ1n) is 9.40. The van der Waals surface area contributed by atoms with Gasteiger partial charge < -0.3 is 0 Å². The van der Waals surface area contributed by atoms with Gasteiger partial charge in [0.15, 0.2) is 0 Å². The molecule has 138 valence electrons. The monoisotopic (exact) mass is 375 g/mol. The Labute approximate surface area is 167 Å². The Kier molecular flexibility index (Phi) is 4.22. The van der Waals surface area contributed by atoms with Crippen LogP contribution in [0.5, 0.6) is 0 Å². The molecular weight excluding hydrogens is 358 g/mol. The van der Waals surface area contributed by atoms with Crippen molar-refractivity contribution in [3.63, 3.8) is 0 Å². The van der Waals surface area contributed by atoms with Gasteiger partial charge in [0.05, 0.1) is 22.1 Å². The molecule has 0 unspecified atom stereocenters. The largest absolute Gasteiger partial charge is 0.268 e. The summed E-state index contributed by atoms with van der Waals surface area (Å²) in [5, 5.41) is 1.45. The molecule has 0 N–H and O–H groups in total. The number of hydrogen-bond donors (Lipinski definition) is 0. The SMILES string of the molecule is O=c1c2ccc3ncccc3c2nc(C=Cc2ccccc2)n1-c1ccccc1. The van der Waals surface area contributed by atoms with Crippen LogP contribution in [0.4, 0.5) is 0 Å². The Balaban J connectivity index is 1.83. The maximum absolute atomic E-state index is 13.5. The minimum atomic E-state index is -0.0975. The van der Waals surface area contributed by atoms with Crippen LogP contribution in [0.1, 0.15) is 11.4 Å². The van der Waals surface area contributed by atoms with Crippen molar-refractivity contribution in [2.75, 3.05) is 0 Å². The molecule has 0 saturated heterocycles. The fraction of sp³-hybridized carbons (Fsp3) is 0. The highest BCUT2D eigenvalue weighted by Gasteiger charge is 2.13. The highest BCUT2D eigenvalue weighted by Crippen LogP contribution is 2.22. The van der Waals surface area contributed by atoms with Crippen molar-refractivity contribution < 1.29 is 0 Å². The van der Waals surface area contributed by atoms with Gasteiger partial charge in [0.25, 0.3) is 5.56 Å². The highest BCUT2D eigenvalue weighted by atomic mass is 16.1. The van der Waals surface area contributed by atoms with Gasteiger partial charge in [-0.15, -0.1) is 0 Å². The summed E-state index contributed by atoms with van der Waals surface area (Å²) in [7, 11) is 0. The second-order valence-electron chi connectivity index (χ2n) is 6.72. The van der Waals surface area contributed by atoms with Gasteiger partial charge >= 0.3 is 0 Å². The number of fused-ring (bicyclic) bond motifs is 3. The van der Waals surface area contributed by atoms with Gasteiger partial charge in [-0.3, -0.25) is 14.3 Å². The normalized spacial score (nSPS) is 11.4. The summed E-state index contributed by atoms with van der Waals surface area (Å²) in [6.07, 6.45) is 5.60. The van der Waals surface area contributed by atoms with Crippen molar-refractivity contribution in [2.24, 2.45) is 0 Å². The van der Waals surface area contributed by atoms with E-state index in [4.69, 9.17) is 4.98 Å². The minimum absolute atomic E-state index is 0.0975. The summed E-state index contributed by atoms with van der Waals surface area (Å²) < 4.78 is 1.66. The van der Waals surface area contributed by atoms with Crippen LogP contribution in [0, 0.1) is 0 Å². The second kappa shape index (κ2) is 7.17. The number of nitrogens with zero attached hydrogens (tertiary/aromatic N) is 3. The number of aromatic nitrogens is 3. The Bertz CT molecular complexity index is 1400. The summed E-state index contributed by atoms with van der Waals surface area (Å²) in [6.45, 7) is 0. The molecule has 0 aliphatic carbocycles.